The largest absolute Gasteiger partial charge is 0.491 e. The lowest BCUT2D eigenvalue weighted by molar-refractivity contribution is 0.0939. The van der Waals surface area contributed by atoms with Crippen molar-refractivity contribution in [3.8, 4) is 5.75 Å². The number of hydrogen-bond acceptors (Lipinski definition) is 3. The molecule has 0 aliphatic carbocycles. The molecule has 0 aromatic heterocycles. The summed E-state index contributed by atoms with van der Waals surface area (Å²) < 4.78 is 5.73. The van der Waals surface area contributed by atoms with Crippen LogP contribution in [0.5, 0.6) is 5.75 Å². The molecule has 1 unspecified atom stereocenters. The molecule has 4 nitrogen and oxygen atoms in total. The van der Waals surface area contributed by atoms with Gasteiger partial charge in [0, 0.05) is 11.6 Å². The van der Waals surface area contributed by atoms with E-state index < -0.39 is 0 Å². The standard InChI is InChI=1S/C18H30N2O2/c1-4-6-7-8-9-12-22-17-13-15(10-11-16(17)19)18(21)20-14(3)5-2/h10-11,13-14H,4-9,12,19H2,1-3H3,(H,20,21). The molecule has 1 aromatic carbocycles. The van der Waals surface area contributed by atoms with E-state index in [1.54, 1.807) is 18.2 Å². The summed E-state index contributed by atoms with van der Waals surface area (Å²) in [7, 11) is 0. The normalized spacial score (nSPS) is 12.0. The molecule has 0 aliphatic heterocycles. The van der Waals surface area contributed by atoms with Crippen molar-refractivity contribution in [2.24, 2.45) is 0 Å². The maximum Gasteiger partial charge on any atom is 0.251 e. The quantitative estimate of drug-likeness (QED) is 0.504. The van der Waals surface area contributed by atoms with E-state index >= 15 is 0 Å². The molecule has 0 saturated carbocycles. The highest BCUT2D eigenvalue weighted by Gasteiger charge is 2.11. The van der Waals surface area contributed by atoms with Gasteiger partial charge < -0.3 is 15.8 Å². The summed E-state index contributed by atoms with van der Waals surface area (Å²) in [5.41, 5.74) is 7.09. The molecule has 0 saturated heterocycles. The molecule has 1 rings (SSSR count). The van der Waals surface area contributed by atoms with Gasteiger partial charge in [0.05, 0.1) is 12.3 Å². The van der Waals surface area contributed by atoms with E-state index in [4.69, 9.17) is 10.5 Å². The Kier molecular flexibility index (Phi) is 8.41. The van der Waals surface area contributed by atoms with E-state index in [1.807, 2.05) is 13.8 Å². The number of amides is 1. The second-order valence-corrected chi connectivity index (χ2v) is 5.80. The average molecular weight is 306 g/mol. The Morgan fingerprint density at radius 3 is 2.64 bits per heavy atom. The second-order valence-electron chi connectivity index (χ2n) is 5.80. The molecule has 0 fully saturated rings. The van der Waals surface area contributed by atoms with Crippen LogP contribution in [0.2, 0.25) is 0 Å². The summed E-state index contributed by atoms with van der Waals surface area (Å²) >= 11 is 0. The molecule has 0 bridgehead atoms. The van der Waals surface area contributed by atoms with E-state index in [1.165, 1.54) is 25.7 Å². The zero-order chi connectivity index (χ0) is 16.4. The zero-order valence-electron chi connectivity index (χ0n) is 14.2. The number of unbranched alkanes of at least 4 members (excludes halogenated alkanes) is 4. The number of anilines is 1. The van der Waals surface area contributed by atoms with Gasteiger partial charge in [-0.3, -0.25) is 4.79 Å². The Labute approximate surface area is 134 Å². The third kappa shape index (κ3) is 6.37. The number of carbonyl (C=O) groups is 1. The Morgan fingerprint density at radius 2 is 1.95 bits per heavy atom. The fraction of sp³-hybridized carbons (Fsp3) is 0.611. The summed E-state index contributed by atoms with van der Waals surface area (Å²) in [4.78, 5) is 12.1. The Bertz CT molecular complexity index is 460. The van der Waals surface area contributed by atoms with Gasteiger partial charge in [-0.25, -0.2) is 0 Å². The first kappa shape index (κ1) is 18.3. The molecule has 4 heteroatoms. The Morgan fingerprint density at radius 1 is 1.23 bits per heavy atom. The van der Waals surface area contributed by atoms with E-state index in [9.17, 15) is 4.79 Å². The van der Waals surface area contributed by atoms with Gasteiger partial charge in [-0.2, -0.15) is 0 Å². The number of carbonyl (C=O) groups excluding carboxylic acids is 1. The molecule has 1 atom stereocenters. The first-order valence-corrected chi connectivity index (χ1v) is 8.41. The molecule has 1 amide bonds. The molecule has 0 heterocycles. The van der Waals surface area contributed by atoms with Crippen LogP contribution < -0.4 is 15.8 Å². The van der Waals surface area contributed by atoms with Gasteiger partial charge in [0.1, 0.15) is 5.75 Å². The fourth-order valence-electron chi connectivity index (χ4n) is 2.10. The molecule has 1 aromatic rings. The topological polar surface area (TPSA) is 64.3 Å². The van der Waals surface area contributed by atoms with Crippen molar-refractivity contribution < 1.29 is 9.53 Å². The van der Waals surface area contributed by atoms with Gasteiger partial charge in [-0.05, 0) is 38.0 Å². The smallest absolute Gasteiger partial charge is 0.251 e. The summed E-state index contributed by atoms with van der Waals surface area (Å²) in [6.07, 6.45) is 6.84. The van der Waals surface area contributed by atoms with Gasteiger partial charge in [0.2, 0.25) is 0 Å². The van der Waals surface area contributed by atoms with Gasteiger partial charge >= 0.3 is 0 Å². The van der Waals surface area contributed by atoms with Crippen LogP contribution in [-0.2, 0) is 0 Å². The third-order valence-corrected chi connectivity index (χ3v) is 3.77. The van der Waals surface area contributed by atoms with E-state index in [0.29, 0.717) is 23.6 Å². The van der Waals surface area contributed by atoms with Crippen molar-refractivity contribution in [1.29, 1.82) is 0 Å². The van der Waals surface area contributed by atoms with Crippen LogP contribution in [0.25, 0.3) is 0 Å². The molecule has 0 spiro atoms. The first-order valence-electron chi connectivity index (χ1n) is 8.41. The van der Waals surface area contributed by atoms with Crippen molar-refractivity contribution in [3.05, 3.63) is 23.8 Å². The van der Waals surface area contributed by atoms with Crippen molar-refractivity contribution in [3.63, 3.8) is 0 Å². The van der Waals surface area contributed by atoms with Gasteiger partial charge in [0.25, 0.3) is 5.91 Å². The number of nitrogens with one attached hydrogen (secondary N) is 1. The maximum atomic E-state index is 12.1. The number of rotatable bonds is 10. The molecule has 22 heavy (non-hydrogen) atoms. The van der Waals surface area contributed by atoms with Crippen LogP contribution in [0, 0.1) is 0 Å². The van der Waals surface area contributed by atoms with Crippen LogP contribution in [0.4, 0.5) is 5.69 Å². The summed E-state index contributed by atoms with van der Waals surface area (Å²) in [6, 6.07) is 5.37. The molecule has 124 valence electrons. The predicted octanol–water partition coefficient (Wildman–Crippen LogP) is 4.15. The van der Waals surface area contributed by atoms with Crippen LogP contribution in [0.3, 0.4) is 0 Å². The lowest BCUT2D eigenvalue weighted by atomic mass is 10.1. The van der Waals surface area contributed by atoms with E-state index in [2.05, 4.69) is 12.2 Å². The van der Waals surface area contributed by atoms with Crippen LogP contribution in [-0.4, -0.2) is 18.6 Å². The fourth-order valence-corrected chi connectivity index (χ4v) is 2.10. The number of benzene rings is 1. The highest BCUT2D eigenvalue weighted by Crippen LogP contribution is 2.23. The van der Waals surface area contributed by atoms with Crippen molar-refractivity contribution in [1.82, 2.24) is 5.32 Å². The number of hydrogen-bond donors (Lipinski definition) is 2. The maximum absolute atomic E-state index is 12.1. The lowest BCUT2D eigenvalue weighted by Gasteiger charge is -2.13. The zero-order valence-corrected chi connectivity index (χ0v) is 14.2. The van der Waals surface area contributed by atoms with Gasteiger partial charge in [-0.15, -0.1) is 0 Å². The third-order valence-electron chi connectivity index (χ3n) is 3.77. The number of ether oxygens (including phenoxy) is 1. The number of nitrogens with two attached hydrogens (primary N) is 1. The summed E-state index contributed by atoms with van der Waals surface area (Å²) in [5, 5.41) is 2.95. The predicted molar refractivity (Wildman–Crippen MR) is 92.3 cm³/mol. The number of nitrogen functional groups attached to an aromatic ring is 1. The van der Waals surface area contributed by atoms with Crippen molar-refractivity contribution in [2.45, 2.75) is 65.3 Å². The highest BCUT2D eigenvalue weighted by molar-refractivity contribution is 5.95. The molecular weight excluding hydrogens is 276 g/mol. The van der Waals surface area contributed by atoms with Gasteiger partial charge in [-0.1, -0.05) is 39.5 Å². The molecule has 3 N–H and O–H groups in total. The molecular formula is C18H30N2O2. The monoisotopic (exact) mass is 306 g/mol. The van der Waals surface area contributed by atoms with Crippen molar-refractivity contribution >= 4 is 11.6 Å². The van der Waals surface area contributed by atoms with Crippen LogP contribution in [0.15, 0.2) is 18.2 Å². The second kappa shape index (κ2) is 10.1. The van der Waals surface area contributed by atoms with E-state index in [-0.39, 0.29) is 11.9 Å². The Hall–Kier alpha value is -1.71. The van der Waals surface area contributed by atoms with Crippen LogP contribution in [0.1, 0.15) is 69.7 Å². The molecule has 0 aliphatic rings. The van der Waals surface area contributed by atoms with E-state index in [0.717, 1.165) is 12.8 Å². The summed E-state index contributed by atoms with van der Waals surface area (Å²) in [6.45, 7) is 6.88. The highest BCUT2D eigenvalue weighted by atomic mass is 16.5. The van der Waals surface area contributed by atoms with Crippen molar-refractivity contribution in [2.75, 3.05) is 12.3 Å². The molecule has 0 radical (unpaired) electrons. The van der Waals surface area contributed by atoms with Crippen LogP contribution >= 0.6 is 0 Å². The minimum Gasteiger partial charge on any atom is -0.491 e. The lowest BCUT2D eigenvalue weighted by Crippen LogP contribution is -2.31. The average Bonchev–Trinajstić information content (AvgIpc) is 2.52. The Balaban J connectivity index is 2.53. The minimum absolute atomic E-state index is 0.0813. The first-order chi connectivity index (χ1) is 10.6. The summed E-state index contributed by atoms with van der Waals surface area (Å²) in [5.74, 6) is 0.523. The minimum atomic E-state index is -0.0813. The SMILES string of the molecule is CCCCCCCOc1cc(C(=O)NC(C)CC)ccc1N. The van der Waals surface area contributed by atoms with Gasteiger partial charge in [0.15, 0.2) is 0 Å².